The number of aryl methyl sites for hydroxylation is 1. The molecule has 1 unspecified atom stereocenters. The highest BCUT2D eigenvalue weighted by molar-refractivity contribution is 7.98. The lowest BCUT2D eigenvalue weighted by Crippen LogP contribution is -2.31. The van der Waals surface area contributed by atoms with Crippen molar-refractivity contribution in [2.24, 2.45) is 5.92 Å². The minimum absolute atomic E-state index is 0.226. The number of thioether (sulfide) groups is 1. The van der Waals surface area contributed by atoms with E-state index in [1.807, 2.05) is 87.5 Å². The van der Waals surface area contributed by atoms with Crippen molar-refractivity contribution in [2.45, 2.75) is 58.0 Å². The molecule has 0 spiro atoms. The summed E-state index contributed by atoms with van der Waals surface area (Å²) < 4.78 is 13.9. The summed E-state index contributed by atoms with van der Waals surface area (Å²) >= 11 is 7.89. The molecule has 1 aliphatic heterocycles. The number of carbonyl (C=O) groups is 1. The van der Waals surface area contributed by atoms with Gasteiger partial charge in [-0.15, -0.1) is 5.10 Å². The average Bonchev–Trinajstić information content (AvgIpc) is 3.40. The summed E-state index contributed by atoms with van der Waals surface area (Å²) in [6.07, 6.45) is 0.934. The van der Waals surface area contributed by atoms with Gasteiger partial charge in [-0.25, -0.2) is 4.68 Å². The number of aromatic nitrogens is 3. The summed E-state index contributed by atoms with van der Waals surface area (Å²) in [6.45, 7) is 11.2. The normalized spacial score (nSPS) is 14.3. The number of nitrogens with one attached hydrogen (secondary N) is 2. The van der Waals surface area contributed by atoms with E-state index in [4.69, 9.17) is 31.2 Å². The number of anilines is 2. The first-order chi connectivity index (χ1) is 21.2. The molecule has 1 aliphatic rings. The molecule has 5 rings (SSSR count). The van der Waals surface area contributed by atoms with Crippen LogP contribution in [0.2, 0.25) is 5.02 Å². The van der Waals surface area contributed by atoms with Crippen LogP contribution in [0, 0.1) is 12.8 Å². The Balaban J connectivity index is 1.53. The van der Waals surface area contributed by atoms with Crippen molar-refractivity contribution < 1.29 is 14.3 Å². The Bertz CT molecular complexity index is 1670. The molecule has 3 aromatic carbocycles. The second-order valence-corrected chi connectivity index (χ2v) is 12.4. The third kappa shape index (κ3) is 7.22. The molecule has 1 amide bonds. The number of carbonyl (C=O) groups excluding carboxylic acids is 1. The van der Waals surface area contributed by atoms with Crippen molar-refractivity contribution in [3.05, 3.63) is 99.7 Å². The molecule has 1 atom stereocenters. The number of hydrogen-bond donors (Lipinski definition) is 2. The standard InChI is InChI=1S/C34H38ClN5O3S/c1-6-42-29-19-24(15-16-28(29)43-18-17-21(2)3)31-30(32(41)37-27-14-10-7-11-22(27)4)23(5)36-33-38-34(39-40(31)33)44-20-25-12-8-9-13-26(25)35/h7-16,19,21,31H,6,17-18,20H2,1-5H3,(H,37,41)(H,36,38,39). The fraction of sp³-hybridized carbons (Fsp3) is 0.324. The first kappa shape index (κ1) is 31.5. The van der Waals surface area contributed by atoms with E-state index >= 15 is 0 Å². The number of amides is 1. The molecule has 4 aromatic rings. The van der Waals surface area contributed by atoms with Gasteiger partial charge in [0.25, 0.3) is 5.91 Å². The van der Waals surface area contributed by atoms with Crippen molar-refractivity contribution in [1.29, 1.82) is 0 Å². The van der Waals surface area contributed by atoms with Crippen molar-refractivity contribution in [3.63, 3.8) is 0 Å². The fourth-order valence-electron chi connectivity index (χ4n) is 4.94. The zero-order valence-corrected chi connectivity index (χ0v) is 27.3. The van der Waals surface area contributed by atoms with E-state index in [1.54, 1.807) is 4.68 Å². The Hall–Kier alpha value is -3.95. The predicted molar refractivity (Wildman–Crippen MR) is 178 cm³/mol. The molecule has 230 valence electrons. The van der Waals surface area contributed by atoms with Gasteiger partial charge in [0.15, 0.2) is 11.5 Å². The van der Waals surface area contributed by atoms with Crippen LogP contribution in [0.4, 0.5) is 11.6 Å². The maximum absolute atomic E-state index is 14.0. The molecule has 0 saturated carbocycles. The van der Waals surface area contributed by atoms with Gasteiger partial charge < -0.3 is 20.1 Å². The van der Waals surface area contributed by atoms with Gasteiger partial charge in [0.2, 0.25) is 11.1 Å². The Morgan fingerprint density at radius 2 is 1.84 bits per heavy atom. The van der Waals surface area contributed by atoms with Crippen LogP contribution in [0.5, 0.6) is 11.5 Å². The Labute approximate surface area is 268 Å². The van der Waals surface area contributed by atoms with Crippen LogP contribution in [-0.2, 0) is 10.5 Å². The molecule has 0 radical (unpaired) electrons. The maximum atomic E-state index is 14.0. The summed E-state index contributed by atoms with van der Waals surface area (Å²) in [4.78, 5) is 18.8. The Morgan fingerprint density at radius 3 is 2.59 bits per heavy atom. The van der Waals surface area contributed by atoms with Crippen LogP contribution in [0.3, 0.4) is 0 Å². The predicted octanol–water partition coefficient (Wildman–Crippen LogP) is 8.28. The van der Waals surface area contributed by atoms with E-state index in [-0.39, 0.29) is 5.91 Å². The van der Waals surface area contributed by atoms with Gasteiger partial charge >= 0.3 is 0 Å². The zero-order chi connectivity index (χ0) is 31.2. The second kappa shape index (κ2) is 14.2. The van der Waals surface area contributed by atoms with E-state index in [9.17, 15) is 4.79 Å². The summed E-state index contributed by atoms with van der Waals surface area (Å²) in [6, 6.07) is 20.7. The lowest BCUT2D eigenvalue weighted by Gasteiger charge is -2.29. The second-order valence-electron chi connectivity index (χ2n) is 11.0. The molecular weight excluding hydrogens is 594 g/mol. The summed E-state index contributed by atoms with van der Waals surface area (Å²) in [5.41, 5.74) is 4.78. The highest BCUT2D eigenvalue weighted by Crippen LogP contribution is 2.40. The number of halogens is 1. The Morgan fingerprint density at radius 1 is 1.07 bits per heavy atom. The van der Waals surface area contributed by atoms with Gasteiger partial charge in [-0.05, 0) is 74.1 Å². The molecule has 2 N–H and O–H groups in total. The number of nitrogens with zero attached hydrogens (tertiary/aromatic N) is 3. The average molecular weight is 632 g/mol. The van der Waals surface area contributed by atoms with Crippen molar-refractivity contribution in [2.75, 3.05) is 23.8 Å². The van der Waals surface area contributed by atoms with Crippen LogP contribution in [0.25, 0.3) is 0 Å². The van der Waals surface area contributed by atoms with E-state index in [0.29, 0.717) is 63.8 Å². The van der Waals surface area contributed by atoms with Gasteiger partial charge in [-0.3, -0.25) is 4.79 Å². The minimum Gasteiger partial charge on any atom is -0.490 e. The molecule has 1 aromatic heterocycles. The number of fused-ring (bicyclic) bond motifs is 1. The largest absolute Gasteiger partial charge is 0.490 e. The quantitative estimate of drug-likeness (QED) is 0.152. The Kier molecular flexibility index (Phi) is 10.2. The van der Waals surface area contributed by atoms with Crippen LogP contribution in [0.15, 0.2) is 83.2 Å². The molecule has 8 nitrogen and oxygen atoms in total. The third-order valence-corrected chi connectivity index (χ3v) is 8.58. The number of para-hydroxylation sites is 1. The van der Waals surface area contributed by atoms with E-state index in [0.717, 1.165) is 28.8 Å². The fourth-order valence-corrected chi connectivity index (χ4v) is 6.06. The van der Waals surface area contributed by atoms with Crippen LogP contribution in [-0.4, -0.2) is 33.9 Å². The highest BCUT2D eigenvalue weighted by Gasteiger charge is 2.35. The molecule has 44 heavy (non-hydrogen) atoms. The van der Waals surface area contributed by atoms with E-state index < -0.39 is 6.04 Å². The zero-order valence-electron chi connectivity index (χ0n) is 25.7. The topological polar surface area (TPSA) is 90.3 Å². The van der Waals surface area contributed by atoms with Gasteiger partial charge in [-0.2, -0.15) is 4.98 Å². The summed E-state index contributed by atoms with van der Waals surface area (Å²) in [5.74, 6) is 2.76. The molecule has 2 heterocycles. The van der Waals surface area contributed by atoms with Gasteiger partial charge in [0.05, 0.1) is 18.8 Å². The number of benzene rings is 3. The van der Waals surface area contributed by atoms with Crippen molar-refractivity contribution in [3.8, 4) is 11.5 Å². The van der Waals surface area contributed by atoms with Crippen LogP contribution >= 0.6 is 23.4 Å². The minimum atomic E-state index is -0.568. The molecule has 10 heteroatoms. The molecule has 0 saturated heterocycles. The molecule has 0 aliphatic carbocycles. The number of hydrogen-bond acceptors (Lipinski definition) is 7. The first-order valence-electron chi connectivity index (χ1n) is 14.8. The van der Waals surface area contributed by atoms with Gasteiger partial charge in [0, 0.05) is 22.2 Å². The monoisotopic (exact) mass is 631 g/mol. The van der Waals surface area contributed by atoms with Crippen molar-refractivity contribution >= 4 is 40.9 Å². The van der Waals surface area contributed by atoms with Crippen LogP contribution < -0.4 is 20.1 Å². The summed E-state index contributed by atoms with van der Waals surface area (Å²) in [5, 5.41) is 12.6. The van der Waals surface area contributed by atoms with E-state index in [2.05, 4.69) is 24.5 Å². The van der Waals surface area contributed by atoms with E-state index in [1.165, 1.54) is 11.8 Å². The molecule has 0 bridgehead atoms. The first-order valence-corrected chi connectivity index (χ1v) is 16.2. The van der Waals surface area contributed by atoms with Gasteiger partial charge in [-0.1, -0.05) is 79.7 Å². The summed E-state index contributed by atoms with van der Waals surface area (Å²) in [7, 11) is 0. The smallest absolute Gasteiger partial charge is 0.255 e. The van der Waals surface area contributed by atoms with Crippen molar-refractivity contribution in [1.82, 2.24) is 14.8 Å². The lowest BCUT2D eigenvalue weighted by atomic mass is 9.94. The lowest BCUT2D eigenvalue weighted by molar-refractivity contribution is -0.113. The number of rotatable bonds is 12. The van der Waals surface area contributed by atoms with Gasteiger partial charge in [0.1, 0.15) is 6.04 Å². The number of ether oxygens (including phenoxy) is 2. The number of allylic oxidation sites excluding steroid dienone is 1. The third-order valence-electron chi connectivity index (χ3n) is 7.32. The SMILES string of the molecule is CCOc1cc(C2C(C(=O)Nc3ccccc3C)=C(C)Nc3nc(SCc4ccccc4Cl)nn32)ccc1OCCC(C)C. The maximum Gasteiger partial charge on any atom is 0.255 e. The molecular formula is C34H38ClN5O3S. The van der Waals surface area contributed by atoms with Crippen LogP contribution in [0.1, 0.15) is 56.8 Å². The highest BCUT2D eigenvalue weighted by atomic mass is 35.5. The molecule has 0 fully saturated rings.